The van der Waals surface area contributed by atoms with Gasteiger partial charge in [0.15, 0.2) is 0 Å². The van der Waals surface area contributed by atoms with Crippen LogP contribution in [0.3, 0.4) is 0 Å². The number of rotatable bonds is 0. The van der Waals surface area contributed by atoms with Crippen LogP contribution in [-0.2, 0) is 0 Å². The number of hydrogen-bond acceptors (Lipinski definition) is 1. The van der Waals surface area contributed by atoms with E-state index in [2.05, 4.69) is 5.32 Å². The fourth-order valence-corrected chi connectivity index (χ4v) is 0. The van der Waals surface area contributed by atoms with Crippen molar-refractivity contribution in [1.82, 2.24) is 5.32 Å². The maximum absolute atomic E-state index is 2.75. The predicted molar refractivity (Wildman–Crippen MR) is 16.9 cm³/mol. The zero-order valence-corrected chi connectivity index (χ0v) is 2.95. The van der Waals surface area contributed by atoms with Crippen LogP contribution in [0.25, 0.3) is 0 Å². The molecule has 4 heavy (non-hydrogen) atoms. The van der Waals surface area contributed by atoms with Crippen LogP contribution in [0.4, 0.5) is 0 Å². The summed E-state index contributed by atoms with van der Waals surface area (Å²) in [5.41, 5.74) is 0. The number of hydrogen-bond donors (Lipinski definition) is 2. The summed E-state index contributed by atoms with van der Waals surface area (Å²) in [6.45, 7) is 0. The summed E-state index contributed by atoms with van der Waals surface area (Å²) in [5, 5.41) is 2.75. The van der Waals surface area contributed by atoms with Gasteiger partial charge in [-0.15, -0.1) is 0 Å². The molecule has 1 radical (unpaired) electrons. The molecule has 2 nitrogen and oxygen atoms in total. The van der Waals surface area contributed by atoms with Crippen LogP contribution in [0.1, 0.15) is 0 Å². The van der Waals surface area contributed by atoms with Crippen molar-refractivity contribution in [2.75, 3.05) is 14.1 Å². The van der Waals surface area contributed by atoms with Crippen molar-refractivity contribution in [3.63, 3.8) is 0 Å². The highest BCUT2D eigenvalue weighted by atomic mass is 16.0. The molecule has 2 N–H and O–H groups in total. The third-order valence-electron chi connectivity index (χ3n) is 0. The highest BCUT2D eigenvalue weighted by molar-refractivity contribution is 3.91. The smallest absolute Gasteiger partial charge is 0.0167 e. The van der Waals surface area contributed by atoms with E-state index < -0.39 is 0 Å². The molecular weight excluding hydrogens is 54.0 g/mol. The average molecular weight is 62.1 g/mol. The summed E-state index contributed by atoms with van der Waals surface area (Å²) in [4.78, 5) is 0. The van der Waals surface area contributed by atoms with Gasteiger partial charge in [-0.05, 0) is 14.1 Å². The quantitative estimate of drug-likeness (QED) is 0.396. The topological polar surface area (TPSA) is 42.0 Å². The highest BCUT2D eigenvalue weighted by Gasteiger charge is 1.25. The third kappa shape index (κ3) is 254. The standard InChI is InChI=1S/C2H7N.HO/c1-3-2;/h3H,1-2H3;1H. The molecule has 0 unspecified atom stereocenters. The van der Waals surface area contributed by atoms with Crippen LogP contribution < -0.4 is 5.32 Å². The van der Waals surface area contributed by atoms with Crippen LogP contribution in [-0.4, -0.2) is 19.6 Å². The Morgan fingerprint density at radius 1 is 1.25 bits per heavy atom. The van der Waals surface area contributed by atoms with E-state index in [0.717, 1.165) is 0 Å². The fraction of sp³-hybridized carbons (Fsp3) is 1.00. The second kappa shape index (κ2) is 12.7. The minimum atomic E-state index is 0. The van der Waals surface area contributed by atoms with E-state index in [1.54, 1.807) is 0 Å². The Kier molecular flexibility index (Phi) is 28.8. The lowest BCUT2D eigenvalue weighted by Crippen LogP contribution is -1.89. The highest BCUT2D eigenvalue weighted by Crippen LogP contribution is 0.981. The summed E-state index contributed by atoms with van der Waals surface area (Å²) >= 11 is 0. The number of nitrogens with one attached hydrogen (secondary N) is 1. The lowest BCUT2D eigenvalue weighted by molar-refractivity contribution is 0.824. The Hall–Kier alpha value is -0.0800. The van der Waals surface area contributed by atoms with Crippen molar-refractivity contribution in [3.8, 4) is 0 Å². The molecule has 0 aromatic rings. The first-order valence-electron chi connectivity index (χ1n) is 1.00. The monoisotopic (exact) mass is 62.1 g/mol. The van der Waals surface area contributed by atoms with E-state index in [-0.39, 0.29) is 5.48 Å². The van der Waals surface area contributed by atoms with Crippen molar-refractivity contribution < 1.29 is 5.48 Å². The molecule has 0 saturated heterocycles. The molecule has 27 valence electrons. The maximum Gasteiger partial charge on any atom is -0.0167 e. The first-order chi connectivity index (χ1) is 1.41. The van der Waals surface area contributed by atoms with E-state index in [9.17, 15) is 0 Å². The van der Waals surface area contributed by atoms with Crippen molar-refractivity contribution in [2.45, 2.75) is 0 Å². The maximum atomic E-state index is 2.75. The van der Waals surface area contributed by atoms with Crippen LogP contribution >= 0.6 is 0 Å². The average Bonchev–Trinajstić information content (AvgIpc) is 0.918. The normalized spacial score (nSPS) is 4.50. The Balaban J connectivity index is 0. The fourth-order valence-electron chi connectivity index (χ4n) is 0. The second-order valence-electron chi connectivity index (χ2n) is 0.500. The summed E-state index contributed by atoms with van der Waals surface area (Å²) in [6, 6.07) is 0. The summed E-state index contributed by atoms with van der Waals surface area (Å²) < 4.78 is 0. The van der Waals surface area contributed by atoms with E-state index in [0.29, 0.717) is 0 Å². The molecule has 0 aromatic carbocycles. The lowest BCUT2D eigenvalue weighted by atomic mass is 11.3. The van der Waals surface area contributed by atoms with Crippen molar-refractivity contribution in [2.24, 2.45) is 0 Å². The van der Waals surface area contributed by atoms with E-state index in [4.69, 9.17) is 0 Å². The van der Waals surface area contributed by atoms with Gasteiger partial charge in [-0.3, -0.25) is 5.48 Å². The molecule has 2 heteroatoms. The minimum absolute atomic E-state index is 0. The van der Waals surface area contributed by atoms with Crippen molar-refractivity contribution in [3.05, 3.63) is 0 Å². The Morgan fingerprint density at radius 2 is 1.25 bits per heavy atom. The van der Waals surface area contributed by atoms with Crippen LogP contribution in [0, 0.1) is 0 Å². The summed E-state index contributed by atoms with van der Waals surface area (Å²) in [5.74, 6) is 0. The molecule has 0 atom stereocenters. The van der Waals surface area contributed by atoms with E-state index >= 15 is 0 Å². The van der Waals surface area contributed by atoms with Crippen molar-refractivity contribution >= 4 is 0 Å². The van der Waals surface area contributed by atoms with Gasteiger partial charge in [-0.25, -0.2) is 0 Å². The third-order valence-corrected chi connectivity index (χ3v) is 0. The summed E-state index contributed by atoms with van der Waals surface area (Å²) in [6.07, 6.45) is 0. The largest absolute Gasteiger partial charge is 0.323 e. The molecule has 0 aliphatic carbocycles. The van der Waals surface area contributed by atoms with Gasteiger partial charge in [0.25, 0.3) is 0 Å². The predicted octanol–water partition coefficient (Wildman–Crippen LogP) is -0.341. The zero-order chi connectivity index (χ0) is 2.71. The molecular formula is C2H8NO. The Bertz CT molecular complexity index is 6.00. The Labute approximate surface area is 26.1 Å². The molecule has 0 spiro atoms. The molecule has 0 fully saturated rings. The van der Waals surface area contributed by atoms with Gasteiger partial charge in [-0.1, -0.05) is 0 Å². The lowest BCUT2D eigenvalue weighted by Gasteiger charge is -1.59. The van der Waals surface area contributed by atoms with Crippen LogP contribution in [0.5, 0.6) is 0 Å². The van der Waals surface area contributed by atoms with Gasteiger partial charge in [-0.2, -0.15) is 0 Å². The second-order valence-corrected chi connectivity index (χ2v) is 0.500. The molecule has 0 aliphatic rings. The zero-order valence-electron chi connectivity index (χ0n) is 2.95. The van der Waals surface area contributed by atoms with Gasteiger partial charge >= 0.3 is 0 Å². The SMILES string of the molecule is CNC.[OH]. The first-order valence-corrected chi connectivity index (χ1v) is 1.00. The molecule has 0 heterocycles. The molecule has 0 bridgehead atoms. The molecule has 0 amide bonds. The van der Waals surface area contributed by atoms with Gasteiger partial charge in [0.05, 0.1) is 0 Å². The van der Waals surface area contributed by atoms with Gasteiger partial charge in [0, 0.05) is 0 Å². The van der Waals surface area contributed by atoms with Crippen LogP contribution in [0.2, 0.25) is 0 Å². The first kappa shape index (κ1) is 9.07. The molecule has 0 rings (SSSR count). The van der Waals surface area contributed by atoms with Gasteiger partial charge in [0.2, 0.25) is 0 Å². The molecule has 0 aromatic heterocycles. The van der Waals surface area contributed by atoms with E-state index in [1.165, 1.54) is 0 Å². The summed E-state index contributed by atoms with van der Waals surface area (Å²) in [7, 11) is 3.75. The van der Waals surface area contributed by atoms with Gasteiger partial charge < -0.3 is 5.32 Å². The molecule has 0 aliphatic heterocycles. The van der Waals surface area contributed by atoms with E-state index in [1.807, 2.05) is 14.1 Å². The minimum Gasteiger partial charge on any atom is -0.323 e. The van der Waals surface area contributed by atoms with Crippen LogP contribution in [0.15, 0.2) is 0 Å². The van der Waals surface area contributed by atoms with Gasteiger partial charge in [0.1, 0.15) is 0 Å². The van der Waals surface area contributed by atoms with Crippen molar-refractivity contribution in [1.29, 1.82) is 0 Å². The Morgan fingerprint density at radius 3 is 1.25 bits per heavy atom. The molecule has 0 saturated carbocycles.